The zero-order valence-electron chi connectivity index (χ0n) is 4.62. The standard InChI is InChI=1S/C2H4I2O4S2/c3-9(5,6)1-2-10(4,7)8/h1-2H2. The Morgan fingerprint density at radius 3 is 1.10 bits per heavy atom. The Balaban J connectivity index is 4.05. The summed E-state index contributed by atoms with van der Waals surface area (Å²) >= 11 is 2.44. The molecule has 0 amide bonds. The predicted octanol–water partition coefficient (Wildman–Crippen LogP) is 0.516. The number of hydrogen-bond acceptors (Lipinski definition) is 4. The molecule has 10 heavy (non-hydrogen) atoms. The highest BCUT2D eigenvalue weighted by molar-refractivity contribution is 14.2. The summed E-state index contributed by atoms with van der Waals surface area (Å²) in [6.45, 7) is 0. The van der Waals surface area contributed by atoms with Gasteiger partial charge in [-0.05, 0) is 0 Å². The van der Waals surface area contributed by atoms with Crippen LogP contribution in [0.5, 0.6) is 0 Å². The molecule has 0 heterocycles. The third kappa shape index (κ3) is 9.36. The van der Waals surface area contributed by atoms with E-state index < -0.39 is 14.0 Å². The molecule has 8 heteroatoms. The quantitative estimate of drug-likeness (QED) is 0.503. The van der Waals surface area contributed by atoms with Gasteiger partial charge in [0.15, 0.2) is 0 Å². The van der Waals surface area contributed by atoms with Crippen LogP contribution in [0.1, 0.15) is 0 Å². The van der Waals surface area contributed by atoms with Crippen LogP contribution in [0.15, 0.2) is 0 Å². The van der Waals surface area contributed by atoms with Crippen molar-refractivity contribution < 1.29 is 16.8 Å². The zero-order chi connectivity index (χ0) is 8.41. The van der Waals surface area contributed by atoms with Crippen LogP contribution in [0.3, 0.4) is 0 Å². The lowest BCUT2D eigenvalue weighted by Crippen LogP contribution is -2.07. The van der Waals surface area contributed by atoms with Gasteiger partial charge in [-0.15, -0.1) is 0 Å². The Bertz CT molecular complexity index is 255. The monoisotopic (exact) mass is 410 g/mol. The first kappa shape index (κ1) is 11.4. The summed E-state index contributed by atoms with van der Waals surface area (Å²) in [4.78, 5) is 0. The van der Waals surface area contributed by atoms with Gasteiger partial charge in [0.1, 0.15) is 0 Å². The lowest BCUT2D eigenvalue weighted by atomic mass is 11.0. The minimum absolute atomic E-state index is 0.307. The summed E-state index contributed by atoms with van der Waals surface area (Å²) in [5, 5.41) is 0. The van der Waals surface area contributed by atoms with Crippen molar-refractivity contribution in [2.45, 2.75) is 0 Å². The number of hydrogen-bond donors (Lipinski definition) is 0. The van der Waals surface area contributed by atoms with Crippen molar-refractivity contribution in [3.05, 3.63) is 0 Å². The van der Waals surface area contributed by atoms with E-state index in [9.17, 15) is 16.8 Å². The highest BCUT2D eigenvalue weighted by Gasteiger charge is 2.11. The third-order valence-corrected chi connectivity index (χ3v) is 4.86. The third-order valence-electron chi connectivity index (χ3n) is 0.571. The van der Waals surface area contributed by atoms with Crippen LogP contribution in [0.2, 0.25) is 0 Å². The average molecular weight is 410 g/mol. The topological polar surface area (TPSA) is 68.3 Å². The molecule has 0 aromatic rings. The van der Waals surface area contributed by atoms with E-state index in [4.69, 9.17) is 0 Å². The van der Waals surface area contributed by atoms with Crippen molar-refractivity contribution in [3.63, 3.8) is 0 Å². The molecule has 0 saturated carbocycles. The van der Waals surface area contributed by atoms with E-state index in [1.165, 1.54) is 42.4 Å². The highest BCUT2D eigenvalue weighted by Crippen LogP contribution is 2.06. The first-order valence-electron chi connectivity index (χ1n) is 2.05. The SMILES string of the molecule is O=S(=O)(I)CCS(=O)(=O)I. The summed E-state index contributed by atoms with van der Waals surface area (Å²) < 4.78 is 41.6. The normalized spacial score (nSPS) is 13.4. The average Bonchev–Trinajstić information content (AvgIpc) is 1.57. The molecule has 0 rings (SSSR count). The van der Waals surface area contributed by atoms with Crippen molar-refractivity contribution in [1.82, 2.24) is 0 Å². The number of halogens is 2. The minimum atomic E-state index is -3.17. The lowest BCUT2D eigenvalue weighted by molar-refractivity contribution is 0.605. The first-order chi connectivity index (χ1) is 4.21. The van der Waals surface area contributed by atoms with Crippen LogP contribution in [0, 0.1) is 0 Å². The lowest BCUT2D eigenvalue weighted by Gasteiger charge is -1.91. The van der Waals surface area contributed by atoms with Crippen molar-refractivity contribution in [1.29, 1.82) is 0 Å². The van der Waals surface area contributed by atoms with E-state index in [1.807, 2.05) is 0 Å². The van der Waals surface area contributed by atoms with E-state index in [0.717, 1.165) is 0 Å². The fourth-order valence-electron chi connectivity index (χ4n) is 0.199. The summed E-state index contributed by atoms with van der Waals surface area (Å²) in [7, 11) is -6.34. The van der Waals surface area contributed by atoms with E-state index in [2.05, 4.69) is 0 Å². The molecule has 0 N–H and O–H groups in total. The molecule has 0 aliphatic heterocycles. The van der Waals surface area contributed by atoms with Gasteiger partial charge in [0.05, 0.1) is 53.9 Å². The molecule has 4 nitrogen and oxygen atoms in total. The van der Waals surface area contributed by atoms with Crippen molar-refractivity contribution >= 4 is 56.4 Å². The molecule has 0 unspecified atom stereocenters. The zero-order valence-corrected chi connectivity index (χ0v) is 10.6. The van der Waals surface area contributed by atoms with Crippen molar-refractivity contribution in [2.75, 3.05) is 11.5 Å². The van der Waals surface area contributed by atoms with Crippen LogP contribution in [0.4, 0.5) is 0 Å². The minimum Gasteiger partial charge on any atom is -0.218 e. The van der Waals surface area contributed by atoms with E-state index in [-0.39, 0.29) is 11.5 Å². The van der Waals surface area contributed by atoms with E-state index in [0.29, 0.717) is 0 Å². The molecule has 0 saturated heterocycles. The Morgan fingerprint density at radius 2 is 1.00 bits per heavy atom. The van der Waals surface area contributed by atoms with Gasteiger partial charge < -0.3 is 0 Å². The molecule has 0 aliphatic rings. The van der Waals surface area contributed by atoms with Crippen LogP contribution < -0.4 is 0 Å². The Kier molecular flexibility index (Phi) is 4.37. The Morgan fingerprint density at radius 1 is 0.800 bits per heavy atom. The maximum absolute atomic E-state index is 10.4. The maximum Gasteiger partial charge on any atom is 0.204 e. The largest absolute Gasteiger partial charge is 0.218 e. The molecule has 0 aliphatic carbocycles. The van der Waals surface area contributed by atoms with E-state index >= 15 is 0 Å². The van der Waals surface area contributed by atoms with Crippen molar-refractivity contribution in [3.8, 4) is 0 Å². The van der Waals surface area contributed by atoms with Crippen LogP contribution in [-0.2, 0) is 14.0 Å². The molecule has 0 aromatic carbocycles. The van der Waals surface area contributed by atoms with Crippen molar-refractivity contribution in [2.24, 2.45) is 0 Å². The second-order valence-electron chi connectivity index (χ2n) is 1.49. The predicted molar refractivity (Wildman–Crippen MR) is 55.6 cm³/mol. The fraction of sp³-hybridized carbons (Fsp3) is 1.00. The molecule has 0 aromatic heterocycles. The molecule has 0 radical (unpaired) electrons. The summed E-state index contributed by atoms with van der Waals surface area (Å²) in [6, 6.07) is 0. The first-order valence-corrected chi connectivity index (χ1v) is 10.4. The molecule has 0 fully saturated rings. The second-order valence-corrected chi connectivity index (χ2v) is 12.5. The van der Waals surface area contributed by atoms with Gasteiger partial charge in [-0.2, -0.15) is 0 Å². The fourth-order valence-corrected chi connectivity index (χ4v) is 5.03. The Labute approximate surface area is 83.8 Å². The maximum atomic E-state index is 10.4. The van der Waals surface area contributed by atoms with Crippen LogP contribution in [0.25, 0.3) is 0 Å². The Hall–Kier alpha value is 1.36. The molecular weight excluding hydrogens is 406 g/mol. The second kappa shape index (κ2) is 3.85. The summed E-state index contributed by atoms with van der Waals surface area (Å²) in [6.07, 6.45) is 0. The molecule has 0 bridgehead atoms. The van der Waals surface area contributed by atoms with Gasteiger partial charge in [-0.1, -0.05) is 0 Å². The molecule has 0 spiro atoms. The smallest absolute Gasteiger partial charge is 0.204 e. The van der Waals surface area contributed by atoms with Crippen LogP contribution >= 0.6 is 42.4 Å². The highest BCUT2D eigenvalue weighted by atomic mass is 127. The molecule has 0 atom stereocenters. The van der Waals surface area contributed by atoms with Gasteiger partial charge in [0.2, 0.25) is 14.0 Å². The van der Waals surface area contributed by atoms with E-state index in [1.54, 1.807) is 0 Å². The van der Waals surface area contributed by atoms with Crippen LogP contribution in [-0.4, -0.2) is 28.3 Å². The van der Waals surface area contributed by atoms with Gasteiger partial charge in [-0.3, -0.25) is 0 Å². The molecule has 62 valence electrons. The van der Waals surface area contributed by atoms with Gasteiger partial charge >= 0.3 is 0 Å². The van der Waals surface area contributed by atoms with Gasteiger partial charge in [-0.25, -0.2) is 16.8 Å². The molecular formula is C2H4I2O4S2. The van der Waals surface area contributed by atoms with Gasteiger partial charge in [0.25, 0.3) is 0 Å². The summed E-state index contributed by atoms with van der Waals surface area (Å²) in [5.74, 6) is -0.613. The number of rotatable bonds is 3. The summed E-state index contributed by atoms with van der Waals surface area (Å²) in [5.41, 5.74) is 0. The van der Waals surface area contributed by atoms with Gasteiger partial charge in [0, 0.05) is 0 Å².